The highest BCUT2D eigenvalue weighted by atomic mass is 16.5. The first-order valence-electron chi connectivity index (χ1n) is 6.01. The van der Waals surface area contributed by atoms with Crippen LogP contribution in [0.3, 0.4) is 0 Å². The monoisotopic (exact) mass is 271 g/mol. The molecule has 0 saturated carbocycles. The quantitative estimate of drug-likeness (QED) is 0.762. The number of H-pyrrole nitrogens is 2. The number of ether oxygens (including phenoxy) is 2. The zero-order valence-electron chi connectivity index (χ0n) is 11.1. The molecule has 0 fully saturated rings. The van der Waals surface area contributed by atoms with Gasteiger partial charge in [0.15, 0.2) is 0 Å². The van der Waals surface area contributed by atoms with E-state index in [4.69, 9.17) is 9.47 Å². The van der Waals surface area contributed by atoms with E-state index in [1.165, 1.54) is 6.33 Å². The smallest absolute Gasteiger partial charge is 0.260 e. The fourth-order valence-corrected chi connectivity index (χ4v) is 2.12. The molecule has 0 bridgehead atoms. The van der Waals surface area contributed by atoms with Crippen LogP contribution in [0.1, 0.15) is 0 Å². The van der Waals surface area contributed by atoms with Crippen molar-refractivity contribution in [2.75, 3.05) is 14.2 Å². The maximum absolute atomic E-state index is 11.7. The number of fused-ring (bicyclic) bond motifs is 1. The summed E-state index contributed by atoms with van der Waals surface area (Å²) >= 11 is 0. The highest BCUT2D eigenvalue weighted by Gasteiger charge is 2.12. The lowest BCUT2D eigenvalue weighted by Gasteiger charge is -2.08. The van der Waals surface area contributed by atoms with Crippen molar-refractivity contribution in [2.45, 2.75) is 0 Å². The zero-order valence-corrected chi connectivity index (χ0v) is 11.1. The third-order valence-corrected chi connectivity index (χ3v) is 3.13. The van der Waals surface area contributed by atoms with E-state index in [1.807, 2.05) is 18.2 Å². The van der Waals surface area contributed by atoms with Crippen LogP contribution in [0, 0.1) is 0 Å². The molecule has 0 spiro atoms. The Morgan fingerprint density at radius 3 is 2.70 bits per heavy atom. The molecule has 102 valence electrons. The van der Waals surface area contributed by atoms with Gasteiger partial charge in [0.2, 0.25) is 0 Å². The second kappa shape index (κ2) is 4.73. The van der Waals surface area contributed by atoms with Crippen LogP contribution in [0.4, 0.5) is 0 Å². The zero-order chi connectivity index (χ0) is 14.1. The summed E-state index contributed by atoms with van der Waals surface area (Å²) in [5, 5.41) is 0.507. The predicted molar refractivity (Wildman–Crippen MR) is 75.3 cm³/mol. The number of hydrogen-bond donors (Lipinski definition) is 2. The molecule has 3 rings (SSSR count). The molecule has 2 N–H and O–H groups in total. The lowest BCUT2D eigenvalue weighted by molar-refractivity contribution is 0.404. The van der Waals surface area contributed by atoms with Gasteiger partial charge in [-0.05, 0) is 24.3 Å². The largest absolute Gasteiger partial charge is 0.497 e. The van der Waals surface area contributed by atoms with Crippen molar-refractivity contribution < 1.29 is 9.47 Å². The number of hydrogen-bond acceptors (Lipinski definition) is 4. The third kappa shape index (κ3) is 1.91. The maximum atomic E-state index is 11.7. The van der Waals surface area contributed by atoms with Crippen molar-refractivity contribution in [1.82, 2.24) is 15.0 Å². The lowest BCUT2D eigenvalue weighted by Crippen LogP contribution is -2.04. The van der Waals surface area contributed by atoms with Gasteiger partial charge in [0, 0.05) is 5.56 Å². The average Bonchev–Trinajstić information content (AvgIpc) is 2.92. The molecule has 20 heavy (non-hydrogen) atoms. The van der Waals surface area contributed by atoms with Crippen LogP contribution in [0.5, 0.6) is 11.5 Å². The molecule has 0 unspecified atom stereocenters. The number of nitrogens with one attached hydrogen (secondary N) is 2. The van der Waals surface area contributed by atoms with E-state index in [0.717, 1.165) is 11.3 Å². The SMILES string of the molecule is COc1ccc(OC)c(-c2cc3c(=O)[nH]cnc3[nH]2)c1. The normalized spacial score (nSPS) is 10.7. The van der Waals surface area contributed by atoms with Gasteiger partial charge >= 0.3 is 0 Å². The average molecular weight is 271 g/mol. The third-order valence-electron chi connectivity index (χ3n) is 3.13. The van der Waals surface area contributed by atoms with Gasteiger partial charge in [0.1, 0.15) is 17.1 Å². The van der Waals surface area contributed by atoms with E-state index in [-0.39, 0.29) is 5.56 Å². The van der Waals surface area contributed by atoms with E-state index >= 15 is 0 Å². The van der Waals surface area contributed by atoms with Gasteiger partial charge in [0.05, 0.1) is 31.6 Å². The molecule has 0 saturated heterocycles. The number of aromatic amines is 2. The Bertz CT molecular complexity index is 820. The molecule has 0 radical (unpaired) electrons. The van der Waals surface area contributed by atoms with Crippen LogP contribution in [0.15, 0.2) is 35.4 Å². The van der Waals surface area contributed by atoms with Crippen LogP contribution in [0.25, 0.3) is 22.3 Å². The molecule has 0 aliphatic carbocycles. The van der Waals surface area contributed by atoms with E-state index in [9.17, 15) is 4.79 Å². The first-order valence-corrected chi connectivity index (χ1v) is 6.01. The minimum absolute atomic E-state index is 0.181. The first kappa shape index (κ1) is 12.3. The minimum Gasteiger partial charge on any atom is -0.497 e. The summed E-state index contributed by atoms with van der Waals surface area (Å²) in [4.78, 5) is 21.5. The highest BCUT2D eigenvalue weighted by Crippen LogP contribution is 2.33. The Kier molecular flexibility index (Phi) is 2.90. The van der Waals surface area contributed by atoms with Crippen molar-refractivity contribution in [2.24, 2.45) is 0 Å². The Morgan fingerprint density at radius 2 is 2.00 bits per heavy atom. The van der Waals surface area contributed by atoms with E-state index in [2.05, 4.69) is 15.0 Å². The highest BCUT2D eigenvalue weighted by molar-refractivity contribution is 5.84. The van der Waals surface area contributed by atoms with E-state index in [1.54, 1.807) is 20.3 Å². The molecule has 6 heteroatoms. The Hall–Kier alpha value is -2.76. The van der Waals surface area contributed by atoms with Crippen molar-refractivity contribution in [3.63, 3.8) is 0 Å². The van der Waals surface area contributed by atoms with Crippen molar-refractivity contribution in [1.29, 1.82) is 0 Å². The first-order chi connectivity index (χ1) is 9.72. The van der Waals surface area contributed by atoms with Gasteiger partial charge in [-0.15, -0.1) is 0 Å². The van der Waals surface area contributed by atoms with Gasteiger partial charge < -0.3 is 19.4 Å². The predicted octanol–water partition coefficient (Wildman–Crippen LogP) is 1.94. The summed E-state index contributed by atoms with van der Waals surface area (Å²) in [5.41, 5.74) is 1.91. The number of methoxy groups -OCH3 is 2. The van der Waals surface area contributed by atoms with Crippen molar-refractivity contribution in [3.8, 4) is 22.8 Å². The van der Waals surface area contributed by atoms with Crippen molar-refractivity contribution in [3.05, 3.63) is 40.9 Å². The number of aromatic nitrogens is 3. The number of nitrogens with zero attached hydrogens (tertiary/aromatic N) is 1. The summed E-state index contributed by atoms with van der Waals surface area (Å²) in [6.07, 6.45) is 1.37. The van der Waals surface area contributed by atoms with Gasteiger partial charge in [-0.3, -0.25) is 4.79 Å². The summed E-state index contributed by atoms with van der Waals surface area (Å²) in [6.45, 7) is 0. The molecule has 2 aromatic heterocycles. The van der Waals surface area contributed by atoms with Gasteiger partial charge in [-0.25, -0.2) is 4.98 Å². The molecule has 2 heterocycles. The fraction of sp³-hybridized carbons (Fsp3) is 0.143. The van der Waals surface area contributed by atoms with Gasteiger partial charge in [0.25, 0.3) is 5.56 Å². The standard InChI is InChI=1S/C14H13N3O3/c1-19-8-3-4-12(20-2)9(5-8)11-6-10-13(17-11)15-7-16-14(10)18/h3-7H,1-2H3,(H2,15,16,17,18). The second-order valence-electron chi connectivity index (χ2n) is 4.24. The van der Waals surface area contributed by atoms with Crippen LogP contribution < -0.4 is 15.0 Å². The summed E-state index contributed by atoms with van der Waals surface area (Å²) in [7, 11) is 3.20. The molecule has 1 aromatic carbocycles. The minimum atomic E-state index is -0.181. The van der Waals surface area contributed by atoms with Crippen LogP contribution in [-0.2, 0) is 0 Å². The van der Waals surface area contributed by atoms with E-state index in [0.29, 0.717) is 22.5 Å². The molecule has 0 aliphatic rings. The molecule has 3 aromatic rings. The lowest BCUT2D eigenvalue weighted by atomic mass is 10.1. The summed E-state index contributed by atoms with van der Waals surface area (Å²) in [6, 6.07) is 7.23. The molecule has 0 aliphatic heterocycles. The molecular formula is C14H13N3O3. The number of rotatable bonds is 3. The summed E-state index contributed by atoms with van der Waals surface area (Å²) < 4.78 is 10.6. The molecule has 6 nitrogen and oxygen atoms in total. The second-order valence-corrected chi connectivity index (χ2v) is 4.24. The number of benzene rings is 1. The van der Waals surface area contributed by atoms with Crippen LogP contribution >= 0.6 is 0 Å². The maximum Gasteiger partial charge on any atom is 0.260 e. The molecule has 0 atom stereocenters. The van der Waals surface area contributed by atoms with Gasteiger partial charge in [-0.1, -0.05) is 0 Å². The Balaban J connectivity index is 2.24. The van der Waals surface area contributed by atoms with Gasteiger partial charge in [-0.2, -0.15) is 0 Å². The fourth-order valence-electron chi connectivity index (χ4n) is 2.12. The molecule has 0 amide bonds. The van der Waals surface area contributed by atoms with Crippen LogP contribution in [-0.4, -0.2) is 29.2 Å². The molecular weight excluding hydrogens is 258 g/mol. The van der Waals surface area contributed by atoms with E-state index < -0.39 is 0 Å². The van der Waals surface area contributed by atoms with Crippen LogP contribution in [0.2, 0.25) is 0 Å². The topological polar surface area (TPSA) is 80.0 Å². The summed E-state index contributed by atoms with van der Waals surface area (Å²) in [5.74, 6) is 1.40. The van der Waals surface area contributed by atoms with Crippen molar-refractivity contribution >= 4 is 11.0 Å². The Morgan fingerprint density at radius 1 is 1.15 bits per heavy atom. The Labute approximate surface area is 114 Å².